The quantitative estimate of drug-likeness (QED) is 0.676. The number of rotatable bonds is 8. The molecule has 8 nitrogen and oxygen atoms in total. The Kier molecular flexibility index (Phi) is 7.34. The highest BCUT2D eigenvalue weighted by Crippen LogP contribution is 2.20. The number of carbonyl (C=O) groups excluding carboxylic acids is 2. The molecule has 1 aromatic rings. The molecule has 1 saturated heterocycles. The zero-order valence-electron chi connectivity index (χ0n) is 15.8. The van der Waals surface area contributed by atoms with E-state index in [2.05, 4.69) is 5.32 Å². The number of carbonyl (C=O) groups is 2. The third-order valence-corrected chi connectivity index (χ3v) is 6.86. The second-order valence-electron chi connectivity index (χ2n) is 6.62. The van der Waals surface area contributed by atoms with Crippen LogP contribution in [0.1, 0.15) is 26.7 Å². The predicted molar refractivity (Wildman–Crippen MR) is 104 cm³/mol. The number of sulfonamides is 1. The Bertz CT molecular complexity index is 769. The number of piperidine rings is 1. The summed E-state index contributed by atoms with van der Waals surface area (Å²) < 4.78 is 26.6. The summed E-state index contributed by atoms with van der Waals surface area (Å²) in [7, 11) is -3.57. The zero-order chi connectivity index (χ0) is 20.0. The van der Waals surface area contributed by atoms with Crippen LogP contribution in [0, 0.1) is 5.92 Å². The number of primary amides is 1. The van der Waals surface area contributed by atoms with Crippen LogP contribution in [0.5, 0.6) is 0 Å². The SMILES string of the molecule is CCN(CC)S(=O)(=O)c1cccc(NC(=O)CN2CCC(C(N)=O)CC2)c1. The maximum absolute atomic E-state index is 12.6. The number of hydrogen-bond acceptors (Lipinski definition) is 5. The standard InChI is InChI=1S/C18H28N4O4S/c1-3-22(4-2)27(25,26)16-7-5-6-15(12-16)20-17(23)13-21-10-8-14(9-11-21)18(19)24/h5-7,12,14H,3-4,8-11,13H2,1-2H3,(H2,19,24)(H,20,23). The van der Waals surface area contributed by atoms with Gasteiger partial charge < -0.3 is 11.1 Å². The topological polar surface area (TPSA) is 113 Å². The molecule has 1 aliphatic rings. The lowest BCUT2D eigenvalue weighted by Gasteiger charge is -2.29. The molecule has 27 heavy (non-hydrogen) atoms. The number of anilines is 1. The number of amides is 2. The normalized spacial score (nSPS) is 16.4. The first-order valence-electron chi connectivity index (χ1n) is 9.19. The van der Waals surface area contributed by atoms with Crippen molar-refractivity contribution in [3.8, 4) is 0 Å². The molecule has 9 heteroatoms. The fourth-order valence-corrected chi connectivity index (χ4v) is 4.73. The van der Waals surface area contributed by atoms with Crippen LogP contribution in [-0.4, -0.2) is 62.2 Å². The first-order valence-corrected chi connectivity index (χ1v) is 10.6. The van der Waals surface area contributed by atoms with Gasteiger partial charge in [-0.3, -0.25) is 14.5 Å². The molecule has 1 aliphatic heterocycles. The molecule has 150 valence electrons. The molecule has 1 fully saturated rings. The van der Waals surface area contributed by atoms with Crippen LogP contribution in [0.3, 0.4) is 0 Å². The largest absolute Gasteiger partial charge is 0.369 e. The van der Waals surface area contributed by atoms with Gasteiger partial charge in [-0.15, -0.1) is 0 Å². The Morgan fingerprint density at radius 1 is 1.22 bits per heavy atom. The molecule has 0 saturated carbocycles. The molecule has 0 atom stereocenters. The highest BCUT2D eigenvalue weighted by atomic mass is 32.2. The first-order chi connectivity index (χ1) is 12.8. The van der Waals surface area contributed by atoms with Gasteiger partial charge in [0.2, 0.25) is 21.8 Å². The van der Waals surface area contributed by atoms with Crippen molar-refractivity contribution in [1.82, 2.24) is 9.21 Å². The Balaban J connectivity index is 1.98. The maximum Gasteiger partial charge on any atom is 0.243 e. The third kappa shape index (κ3) is 5.50. The molecular weight excluding hydrogens is 368 g/mol. The molecule has 1 heterocycles. The Hall–Kier alpha value is -1.97. The van der Waals surface area contributed by atoms with Crippen LogP contribution < -0.4 is 11.1 Å². The minimum atomic E-state index is -3.57. The molecular formula is C18H28N4O4S. The van der Waals surface area contributed by atoms with Crippen LogP contribution in [0.4, 0.5) is 5.69 Å². The first kappa shape index (κ1) is 21.3. The smallest absolute Gasteiger partial charge is 0.243 e. The van der Waals surface area contributed by atoms with Gasteiger partial charge in [0.15, 0.2) is 0 Å². The fraction of sp³-hybridized carbons (Fsp3) is 0.556. The minimum absolute atomic E-state index is 0.119. The summed E-state index contributed by atoms with van der Waals surface area (Å²) in [5.74, 6) is -0.624. The van der Waals surface area contributed by atoms with Gasteiger partial charge in [0.1, 0.15) is 0 Å². The van der Waals surface area contributed by atoms with E-state index in [1.807, 2.05) is 4.90 Å². The number of nitrogens with two attached hydrogens (primary N) is 1. The van der Waals surface area contributed by atoms with E-state index in [9.17, 15) is 18.0 Å². The molecule has 0 bridgehead atoms. The molecule has 3 N–H and O–H groups in total. The molecule has 0 radical (unpaired) electrons. The minimum Gasteiger partial charge on any atom is -0.369 e. The van der Waals surface area contributed by atoms with Gasteiger partial charge in [0, 0.05) is 24.7 Å². The van der Waals surface area contributed by atoms with Gasteiger partial charge in [-0.1, -0.05) is 19.9 Å². The van der Waals surface area contributed by atoms with Gasteiger partial charge in [0.05, 0.1) is 11.4 Å². The van der Waals surface area contributed by atoms with Crippen molar-refractivity contribution in [3.05, 3.63) is 24.3 Å². The van der Waals surface area contributed by atoms with Crippen molar-refractivity contribution in [2.75, 3.05) is 38.0 Å². The highest BCUT2D eigenvalue weighted by molar-refractivity contribution is 7.89. The van der Waals surface area contributed by atoms with Crippen molar-refractivity contribution in [2.45, 2.75) is 31.6 Å². The van der Waals surface area contributed by atoms with E-state index in [-0.39, 0.29) is 29.2 Å². The lowest BCUT2D eigenvalue weighted by atomic mass is 9.96. The van der Waals surface area contributed by atoms with Crippen molar-refractivity contribution < 1.29 is 18.0 Å². The van der Waals surface area contributed by atoms with E-state index in [1.54, 1.807) is 26.0 Å². The van der Waals surface area contributed by atoms with Crippen molar-refractivity contribution >= 4 is 27.5 Å². The van der Waals surface area contributed by atoms with E-state index in [0.29, 0.717) is 44.7 Å². The molecule has 2 amide bonds. The van der Waals surface area contributed by atoms with Gasteiger partial charge in [0.25, 0.3) is 0 Å². The Labute approximate surface area is 160 Å². The lowest BCUT2D eigenvalue weighted by Crippen LogP contribution is -2.42. The predicted octanol–water partition coefficient (Wildman–Crippen LogP) is 0.853. The van der Waals surface area contributed by atoms with Gasteiger partial charge in [-0.2, -0.15) is 4.31 Å². The van der Waals surface area contributed by atoms with Crippen LogP contribution in [0.25, 0.3) is 0 Å². The highest BCUT2D eigenvalue weighted by Gasteiger charge is 2.25. The number of nitrogens with one attached hydrogen (secondary N) is 1. The molecule has 2 rings (SSSR count). The number of benzene rings is 1. The van der Waals surface area contributed by atoms with E-state index < -0.39 is 10.0 Å². The van der Waals surface area contributed by atoms with E-state index in [4.69, 9.17) is 5.73 Å². The van der Waals surface area contributed by atoms with E-state index in [1.165, 1.54) is 16.4 Å². The summed E-state index contributed by atoms with van der Waals surface area (Å²) in [4.78, 5) is 25.6. The van der Waals surface area contributed by atoms with Crippen molar-refractivity contribution in [3.63, 3.8) is 0 Å². The van der Waals surface area contributed by atoms with Crippen LogP contribution in [-0.2, 0) is 19.6 Å². The summed E-state index contributed by atoms with van der Waals surface area (Å²) in [5, 5.41) is 2.76. The van der Waals surface area contributed by atoms with E-state index >= 15 is 0 Å². The summed E-state index contributed by atoms with van der Waals surface area (Å²) in [6.45, 7) is 5.81. The lowest BCUT2D eigenvalue weighted by molar-refractivity contribution is -0.123. The summed E-state index contributed by atoms with van der Waals surface area (Å²) >= 11 is 0. The average Bonchev–Trinajstić information content (AvgIpc) is 2.63. The van der Waals surface area contributed by atoms with Crippen LogP contribution in [0.15, 0.2) is 29.2 Å². The summed E-state index contributed by atoms with van der Waals surface area (Å²) in [5.41, 5.74) is 5.76. The summed E-state index contributed by atoms with van der Waals surface area (Å²) in [6, 6.07) is 6.28. The molecule has 0 spiro atoms. The second-order valence-corrected chi connectivity index (χ2v) is 8.56. The number of likely N-dealkylation sites (tertiary alicyclic amines) is 1. The monoisotopic (exact) mass is 396 g/mol. The van der Waals surface area contributed by atoms with Crippen LogP contribution >= 0.6 is 0 Å². The second kappa shape index (κ2) is 9.29. The Morgan fingerprint density at radius 3 is 2.41 bits per heavy atom. The van der Waals surface area contributed by atoms with Crippen LogP contribution in [0.2, 0.25) is 0 Å². The van der Waals surface area contributed by atoms with E-state index in [0.717, 1.165) is 0 Å². The molecule has 1 aromatic carbocycles. The van der Waals surface area contributed by atoms with Crippen molar-refractivity contribution in [1.29, 1.82) is 0 Å². The van der Waals surface area contributed by atoms with Crippen molar-refractivity contribution in [2.24, 2.45) is 11.7 Å². The molecule has 0 unspecified atom stereocenters. The fourth-order valence-electron chi connectivity index (χ4n) is 3.23. The maximum atomic E-state index is 12.6. The zero-order valence-corrected chi connectivity index (χ0v) is 16.7. The third-order valence-electron chi connectivity index (χ3n) is 4.82. The van der Waals surface area contributed by atoms with Gasteiger partial charge in [-0.05, 0) is 44.1 Å². The van der Waals surface area contributed by atoms with Gasteiger partial charge in [-0.25, -0.2) is 8.42 Å². The molecule has 0 aliphatic carbocycles. The summed E-state index contributed by atoms with van der Waals surface area (Å²) in [6.07, 6.45) is 1.31. The average molecular weight is 397 g/mol. The number of hydrogen-bond donors (Lipinski definition) is 2. The number of nitrogens with zero attached hydrogens (tertiary/aromatic N) is 2. The Morgan fingerprint density at radius 2 is 1.85 bits per heavy atom. The van der Waals surface area contributed by atoms with Gasteiger partial charge >= 0.3 is 0 Å². The molecule has 0 aromatic heterocycles.